The van der Waals surface area contributed by atoms with Crippen LogP contribution in [0.5, 0.6) is 0 Å². The summed E-state index contributed by atoms with van der Waals surface area (Å²) in [7, 11) is 0. The Bertz CT molecular complexity index is 967. The lowest BCUT2D eigenvalue weighted by Gasteiger charge is -2.18. The van der Waals surface area contributed by atoms with Crippen molar-refractivity contribution >= 4 is 22.7 Å². The highest BCUT2D eigenvalue weighted by atomic mass is 16.6. The van der Waals surface area contributed by atoms with E-state index in [1.807, 2.05) is 6.92 Å². The molecule has 3 rings (SSSR count). The van der Waals surface area contributed by atoms with Crippen molar-refractivity contribution in [3.8, 4) is 11.5 Å². The zero-order valence-corrected chi connectivity index (χ0v) is 16.2. The predicted octanol–water partition coefficient (Wildman–Crippen LogP) is 2.49. The highest BCUT2D eigenvalue weighted by Crippen LogP contribution is 2.26. The third-order valence-corrected chi connectivity index (χ3v) is 4.43. The monoisotopic (exact) mass is 384 g/mol. The normalized spacial score (nSPS) is 11.3. The van der Waals surface area contributed by atoms with Crippen molar-refractivity contribution in [1.82, 2.24) is 30.3 Å². The Morgan fingerprint density at radius 1 is 1.21 bits per heavy atom. The number of nitrogens with one attached hydrogen (secondary N) is 3. The van der Waals surface area contributed by atoms with Crippen LogP contribution in [-0.4, -0.2) is 55.9 Å². The van der Waals surface area contributed by atoms with Gasteiger partial charge in [0.1, 0.15) is 5.69 Å². The van der Waals surface area contributed by atoms with Gasteiger partial charge in [0.2, 0.25) is 5.95 Å². The molecule has 0 atom stereocenters. The molecule has 0 unspecified atom stereocenters. The highest BCUT2D eigenvalue weighted by molar-refractivity contribution is 5.87. The topological polar surface area (TPSA) is 125 Å². The van der Waals surface area contributed by atoms with E-state index in [1.165, 1.54) is 6.07 Å². The molecule has 0 amide bonds. The number of aromatic amines is 1. The molecule has 0 aliphatic rings. The Hall–Kier alpha value is -3.11. The molecule has 0 aliphatic heterocycles. The molecule has 10 nitrogen and oxygen atoms in total. The fourth-order valence-corrected chi connectivity index (χ4v) is 2.93. The molecule has 0 aliphatic carbocycles. The minimum absolute atomic E-state index is 0.0396. The SMILES string of the molecule is CCN(CC)CCNNc1nc(C)cc(-c2nc3c([N+](=O)[O-])cccc3[nH]2)n1. The zero-order chi connectivity index (χ0) is 20.1. The van der Waals surface area contributed by atoms with Crippen LogP contribution in [0.2, 0.25) is 0 Å². The van der Waals surface area contributed by atoms with Gasteiger partial charge in [-0.2, -0.15) is 0 Å². The molecular weight excluding hydrogens is 360 g/mol. The van der Waals surface area contributed by atoms with Crippen LogP contribution in [0.3, 0.4) is 0 Å². The van der Waals surface area contributed by atoms with E-state index < -0.39 is 4.92 Å². The first-order valence-corrected chi connectivity index (χ1v) is 9.22. The molecule has 10 heteroatoms. The summed E-state index contributed by atoms with van der Waals surface area (Å²) in [5, 5.41) is 11.2. The number of aromatic nitrogens is 4. The van der Waals surface area contributed by atoms with Gasteiger partial charge < -0.3 is 9.88 Å². The van der Waals surface area contributed by atoms with Gasteiger partial charge in [0.05, 0.1) is 10.4 Å². The first kappa shape index (κ1) is 19.6. The number of nitro benzene ring substituents is 1. The minimum Gasteiger partial charge on any atom is -0.336 e. The van der Waals surface area contributed by atoms with E-state index in [0.717, 1.165) is 31.9 Å². The van der Waals surface area contributed by atoms with Gasteiger partial charge in [-0.05, 0) is 32.1 Å². The number of fused-ring (bicyclic) bond motifs is 1. The number of para-hydroxylation sites is 1. The molecule has 2 heterocycles. The van der Waals surface area contributed by atoms with Crippen molar-refractivity contribution < 1.29 is 4.92 Å². The van der Waals surface area contributed by atoms with E-state index in [1.54, 1.807) is 18.2 Å². The van der Waals surface area contributed by atoms with Crippen molar-refractivity contribution in [2.45, 2.75) is 20.8 Å². The Kier molecular flexibility index (Phi) is 6.12. The van der Waals surface area contributed by atoms with E-state index in [4.69, 9.17) is 0 Å². The maximum atomic E-state index is 11.2. The van der Waals surface area contributed by atoms with Crippen molar-refractivity contribution in [2.75, 3.05) is 31.6 Å². The smallest absolute Gasteiger partial charge is 0.297 e. The second kappa shape index (κ2) is 8.72. The molecule has 0 spiro atoms. The van der Waals surface area contributed by atoms with Crippen LogP contribution in [0.15, 0.2) is 24.3 Å². The quantitative estimate of drug-likeness (QED) is 0.292. The number of hydrazine groups is 1. The minimum atomic E-state index is -0.440. The van der Waals surface area contributed by atoms with Crippen molar-refractivity contribution in [2.24, 2.45) is 0 Å². The number of H-pyrrole nitrogens is 1. The van der Waals surface area contributed by atoms with Gasteiger partial charge in [-0.25, -0.2) is 20.4 Å². The summed E-state index contributed by atoms with van der Waals surface area (Å²) in [4.78, 5) is 29.4. The molecule has 1 aromatic carbocycles. The summed E-state index contributed by atoms with van der Waals surface area (Å²) in [5.74, 6) is 0.880. The van der Waals surface area contributed by atoms with Crippen LogP contribution < -0.4 is 10.9 Å². The molecule has 2 aromatic heterocycles. The standard InChI is InChI=1S/C18H24N8O2/c1-4-25(5-2)10-9-19-24-18-20-12(3)11-14(22-18)17-21-13-7-6-8-15(26(27)28)16(13)23-17/h6-8,11,19H,4-5,9-10H2,1-3H3,(H,21,23)(H,20,22,24). The average molecular weight is 384 g/mol. The van der Waals surface area contributed by atoms with Crippen LogP contribution in [0.4, 0.5) is 11.6 Å². The number of hydrogen-bond acceptors (Lipinski definition) is 8. The number of nitro groups is 1. The van der Waals surface area contributed by atoms with Crippen molar-refractivity contribution in [3.63, 3.8) is 0 Å². The third kappa shape index (κ3) is 4.41. The molecule has 3 N–H and O–H groups in total. The van der Waals surface area contributed by atoms with Gasteiger partial charge in [-0.3, -0.25) is 15.5 Å². The number of rotatable bonds is 9. The summed E-state index contributed by atoms with van der Waals surface area (Å²) in [6.45, 7) is 9.77. The van der Waals surface area contributed by atoms with Crippen LogP contribution in [0.1, 0.15) is 19.5 Å². The lowest BCUT2D eigenvalue weighted by atomic mass is 10.3. The number of non-ortho nitro benzene ring substituents is 1. The molecule has 0 saturated heterocycles. The molecule has 0 fully saturated rings. The fraction of sp³-hybridized carbons (Fsp3) is 0.389. The van der Waals surface area contributed by atoms with Crippen LogP contribution >= 0.6 is 0 Å². The number of aryl methyl sites for hydroxylation is 1. The molecule has 3 aromatic rings. The summed E-state index contributed by atoms with van der Waals surface area (Å²) in [5.41, 5.74) is 8.31. The first-order chi connectivity index (χ1) is 13.5. The fourth-order valence-electron chi connectivity index (χ4n) is 2.93. The van der Waals surface area contributed by atoms with Gasteiger partial charge in [0.25, 0.3) is 5.69 Å². The van der Waals surface area contributed by atoms with Gasteiger partial charge in [0.15, 0.2) is 11.3 Å². The van der Waals surface area contributed by atoms with E-state index in [0.29, 0.717) is 28.5 Å². The van der Waals surface area contributed by atoms with Gasteiger partial charge in [0, 0.05) is 24.8 Å². The maximum Gasteiger partial charge on any atom is 0.297 e. The van der Waals surface area contributed by atoms with E-state index in [9.17, 15) is 10.1 Å². The summed E-state index contributed by atoms with van der Waals surface area (Å²) >= 11 is 0. The molecule has 28 heavy (non-hydrogen) atoms. The largest absolute Gasteiger partial charge is 0.336 e. The Balaban J connectivity index is 1.79. The maximum absolute atomic E-state index is 11.2. The van der Waals surface area contributed by atoms with Gasteiger partial charge in [-0.1, -0.05) is 19.9 Å². The predicted molar refractivity (Wildman–Crippen MR) is 108 cm³/mol. The van der Waals surface area contributed by atoms with E-state index >= 15 is 0 Å². The summed E-state index contributed by atoms with van der Waals surface area (Å²) in [6, 6.07) is 6.59. The lowest BCUT2D eigenvalue weighted by molar-refractivity contribution is -0.383. The van der Waals surface area contributed by atoms with E-state index in [2.05, 4.69) is 49.5 Å². The van der Waals surface area contributed by atoms with Gasteiger partial charge >= 0.3 is 0 Å². The number of nitrogens with zero attached hydrogens (tertiary/aromatic N) is 5. The number of likely N-dealkylation sites (N-methyl/N-ethyl adjacent to an activating group) is 1. The summed E-state index contributed by atoms with van der Waals surface area (Å²) < 4.78 is 0. The third-order valence-electron chi connectivity index (χ3n) is 4.43. The highest BCUT2D eigenvalue weighted by Gasteiger charge is 2.17. The molecule has 148 valence electrons. The van der Waals surface area contributed by atoms with Gasteiger partial charge in [-0.15, -0.1) is 0 Å². The van der Waals surface area contributed by atoms with Crippen LogP contribution in [0.25, 0.3) is 22.6 Å². The Labute approximate surface area is 162 Å². The average Bonchev–Trinajstić information content (AvgIpc) is 3.12. The second-order valence-corrected chi connectivity index (χ2v) is 6.31. The molecule has 0 bridgehead atoms. The second-order valence-electron chi connectivity index (χ2n) is 6.31. The lowest BCUT2D eigenvalue weighted by Crippen LogP contribution is -2.34. The number of hydrogen-bond donors (Lipinski definition) is 3. The van der Waals surface area contributed by atoms with Crippen molar-refractivity contribution in [1.29, 1.82) is 0 Å². The summed E-state index contributed by atoms with van der Waals surface area (Å²) in [6.07, 6.45) is 0. The first-order valence-electron chi connectivity index (χ1n) is 9.22. The van der Waals surface area contributed by atoms with Crippen molar-refractivity contribution in [3.05, 3.63) is 40.1 Å². The number of imidazole rings is 1. The molecular formula is C18H24N8O2. The Morgan fingerprint density at radius 3 is 2.71 bits per heavy atom. The molecule has 0 saturated carbocycles. The molecule has 0 radical (unpaired) electrons. The Morgan fingerprint density at radius 2 is 2.00 bits per heavy atom. The zero-order valence-electron chi connectivity index (χ0n) is 16.2. The number of benzene rings is 1. The van der Waals surface area contributed by atoms with E-state index in [-0.39, 0.29) is 5.69 Å². The number of anilines is 1. The van der Waals surface area contributed by atoms with Crippen LogP contribution in [-0.2, 0) is 0 Å². The van der Waals surface area contributed by atoms with Crippen LogP contribution in [0, 0.1) is 17.0 Å².